The van der Waals surface area contributed by atoms with Gasteiger partial charge in [0.1, 0.15) is 13.2 Å². The third-order valence-electron chi connectivity index (χ3n) is 11.7. The number of unbranched alkanes of at least 4 members (excludes halogenated alkanes) is 31. The second-order valence-corrected chi connectivity index (χ2v) is 18.8. The van der Waals surface area contributed by atoms with E-state index in [0.717, 1.165) is 69.6 Å². The molecule has 0 saturated carbocycles. The summed E-state index contributed by atoms with van der Waals surface area (Å²) in [5, 5.41) is 0. The first-order chi connectivity index (χ1) is 28.2. The zero-order valence-corrected chi connectivity index (χ0v) is 39.7. The Morgan fingerprint density at radius 3 is 0.845 bits per heavy atom. The summed E-state index contributed by atoms with van der Waals surface area (Å²) in [6.07, 6.45) is 45.3. The third-order valence-corrected chi connectivity index (χ3v) is 11.7. The summed E-state index contributed by atoms with van der Waals surface area (Å²) >= 11 is 0. The molecule has 0 heterocycles. The zero-order valence-electron chi connectivity index (χ0n) is 39.7. The Hall–Kier alpha value is -1.59. The van der Waals surface area contributed by atoms with Gasteiger partial charge in [-0.1, -0.05) is 247 Å². The molecular weight excluding hydrogens is 721 g/mol. The van der Waals surface area contributed by atoms with Crippen molar-refractivity contribution in [2.75, 3.05) is 13.2 Å². The van der Waals surface area contributed by atoms with Crippen molar-refractivity contribution in [1.29, 1.82) is 0 Å². The molecule has 0 aliphatic carbocycles. The fourth-order valence-electron chi connectivity index (χ4n) is 7.81. The van der Waals surface area contributed by atoms with Crippen molar-refractivity contribution in [3.8, 4) is 0 Å². The van der Waals surface area contributed by atoms with Crippen molar-refractivity contribution in [3.05, 3.63) is 0 Å². The van der Waals surface area contributed by atoms with Gasteiger partial charge in [0, 0.05) is 19.3 Å². The van der Waals surface area contributed by atoms with Crippen LogP contribution in [0.1, 0.15) is 285 Å². The SMILES string of the molecule is CCCCCCCCCC(=O)OC[C@@H](COC(=O)CCCCCCCCCCCCCCCC(C)C)OC(=O)CCCCCCCCCCCCCCCCC(C)C. The predicted octanol–water partition coefficient (Wildman–Crippen LogP) is 16.5. The van der Waals surface area contributed by atoms with Crippen LogP contribution in [0.2, 0.25) is 0 Å². The molecule has 0 N–H and O–H groups in total. The smallest absolute Gasteiger partial charge is 0.306 e. The van der Waals surface area contributed by atoms with E-state index in [1.54, 1.807) is 0 Å². The lowest BCUT2D eigenvalue weighted by molar-refractivity contribution is -0.167. The van der Waals surface area contributed by atoms with Gasteiger partial charge >= 0.3 is 17.9 Å². The summed E-state index contributed by atoms with van der Waals surface area (Å²) in [6.45, 7) is 11.4. The van der Waals surface area contributed by atoms with Gasteiger partial charge in [-0.25, -0.2) is 0 Å². The fraction of sp³-hybridized carbons (Fsp3) is 0.942. The van der Waals surface area contributed by atoms with Gasteiger partial charge in [-0.05, 0) is 31.1 Å². The summed E-state index contributed by atoms with van der Waals surface area (Å²) in [7, 11) is 0. The summed E-state index contributed by atoms with van der Waals surface area (Å²) in [4.78, 5) is 37.8. The normalized spacial score (nSPS) is 12.1. The molecule has 0 bridgehead atoms. The minimum atomic E-state index is -0.760. The molecule has 0 aliphatic rings. The van der Waals surface area contributed by atoms with Gasteiger partial charge in [0.15, 0.2) is 6.10 Å². The molecule has 1 atom stereocenters. The van der Waals surface area contributed by atoms with Crippen molar-refractivity contribution >= 4 is 17.9 Å². The molecule has 0 saturated heterocycles. The Bertz CT molecular complexity index is 885. The maximum atomic E-state index is 12.8. The quantitative estimate of drug-likeness (QED) is 0.0346. The van der Waals surface area contributed by atoms with Gasteiger partial charge in [-0.2, -0.15) is 0 Å². The van der Waals surface area contributed by atoms with Crippen LogP contribution in [0.4, 0.5) is 0 Å². The van der Waals surface area contributed by atoms with E-state index in [0.29, 0.717) is 19.3 Å². The van der Waals surface area contributed by atoms with Crippen LogP contribution >= 0.6 is 0 Å². The van der Waals surface area contributed by atoms with E-state index in [2.05, 4.69) is 34.6 Å². The van der Waals surface area contributed by atoms with Gasteiger partial charge in [0.05, 0.1) is 0 Å². The molecule has 0 aromatic heterocycles. The van der Waals surface area contributed by atoms with Crippen LogP contribution < -0.4 is 0 Å². The number of carbonyl (C=O) groups excluding carboxylic acids is 3. The summed E-state index contributed by atoms with van der Waals surface area (Å²) in [5.74, 6) is 0.829. The molecule has 0 fully saturated rings. The molecule has 344 valence electrons. The summed E-state index contributed by atoms with van der Waals surface area (Å²) in [6, 6.07) is 0. The molecule has 0 unspecified atom stereocenters. The average Bonchev–Trinajstić information content (AvgIpc) is 3.19. The highest BCUT2D eigenvalue weighted by molar-refractivity contribution is 5.71. The molecule has 0 aromatic rings. The minimum absolute atomic E-state index is 0.0640. The van der Waals surface area contributed by atoms with Crippen molar-refractivity contribution in [2.24, 2.45) is 11.8 Å². The van der Waals surface area contributed by atoms with E-state index in [1.807, 2.05) is 0 Å². The van der Waals surface area contributed by atoms with Gasteiger partial charge in [-0.3, -0.25) is 14.4 Å². The van der Waals surface area contributed by atoms with Crippen molar-refractivity contribution in [1.82, 2.24) is 0 Å². The largest absolute Gasteiger partial charge is 0.462 e. The van der Waals surface area contributed by atoms with E-state index in [9.17, 15) is 14.4 Å². The van der Waals surface area contributed by atoms with Crippen LogP contribution in [0.15, 0.2) is 0 Å². The maximum Gasteiger partial charge on any atom is 0.306 e. The van der Waals surface area contributed by atoms with E-state index in [4.69, 9.17) is 14.2 Å². The molecule has 0 radical (unpaired) electrons. The lowest BCUT2D eigenvalue weighted by atomic mass is 10.0. The van der Waals surface area contributed by atoms with Crippen LogP contribution in [0.3, 0.4) is 0 Å². The molecule has 0 aromatic carbocycles. The first kappa shape index (κ1) is 56.4. The first-order valence-corrected chi connectivity index (χ1v) is 25.7. The Labute approximate surface area is 361 Å². The van der Waals surface area contributed by atoms with E-state index >= 15 is 0 Å². The minimum Gasteiger partial charge on any atom is -0.462 e. The highest BCUT2D eigenvalue weighted by Gasteiger charge is 2.19. The topological polar surface area (TPSA) is 78.9 Å². The first-order valence-electron chi connectivity index (χ1n) is 25.7. The Kier molecular flexibility index (Phi) is 43.7. The number of esters is 3. The van der Waals surface area contributed by atoms with Crippen LogP contribution in [0, 0.1) is 11.8 Å². The van der Waals surface area contributed by atoms with Crippen molar-refractivity contribution in [2.45, 2.75) is 291 Å². The molecule has 0 aliphatic heterocycles. The van der Waals surface area contributed by atoms with Gasteiger partial charge in [-0.15, -0.1) is 0 Å². The standard InChI is InChI=1S/C52H100O6/c1-6-7-8-9-25-32-37-42-50(53)56-45-49(46-57-51(54)43-38-33-28-23-19-16-12-14-18-22-27-31-36-41-48(4)5)58-52(55)44-39-34-29-24-20-15-11-10-13-17-21-26-30-35-40-47(2)3/h47-49H,6-46H2,1-5H3/t49-/m0/s1. The van der Waals surface area contributed by atoms with Gasteiger partial charge in [0.2, 0.25) is 0 Å². The molecular formula is C52H100O6. The van der Waals surface area contributed by atoms with Crippen molar-refractivity contribution < 1.29 is 28.6 Å². The Balaban J connectivity index is 4.20. The van der Waals surface area contributed by atoms with Crippen LogP contribution in [0.5, 0.6) is 0 Å². The van der Waals surface area contributed by atoms with Gasteiger partial charge in [0.25, 0.3) is 0 Å². The van der Waals surface area contributed by atoms with Gasteiger partial charge < -0.3 is 14.2 Å². The second kappa shape index (κ2) is 44.9. The Morgan fingerprint density at radius 2 is 0.569 bits per heavy atom. The third kappa shape index (κ3) is 45.5. The number of ether oxygens (including phenoxy) is 3. The number of hydrogen-bond acceptors (Lipinski definition) is 6. The lowest BCUT2D eigenvalue weighted by Gasteiger charge is -2.18. The molecule has 0 spiro atoms. The average molecular weight is 821 g/mol. The maximum absolute atomic E-state index is 12.8. The monoisotopic (exact) mass is 821 g/mol. The highest BCUT2D eigenvalue weighted by atomic mass is 16.6. The number of rotatable bonds is 46. The predicted molar refractivity (Wildman–Crippen MR) is 247 cm³/mol. The molecule has 0 amide bonds. The van der Waals surface area contributed by atoms with Crippen molar-refractivity contribution in [3.63, 3.8) is 0 Å². The highest BCUT2D eigenvalue weighted by Crippen LogP contribution is 2.17. The van der Waals surface area contributed by atoms with E-state index < -0.39 is 6.10 Å². The zero-order chi connectivity index (χ0) is 42.6. The van der Waals surface area contributed by atoms with E-state index in [-0.39, 0.29) is 31.1 Å². The summed E-state index contributed by atoms with van der Waals surface area (Å²) < 4.78 is 16.7. The lowest BCUT2D eigenvalue weighted by Crippen LogP contribution is -2.30. The second-order valence-electron chi connectivity index (χ2n) is 18.8. The molecule has 6 heteroatoms. The molecule has 58 heavy (non-hydrogen) atoms. The fourth-order valence-corrected chi connectivity index (χ4v) is 7.81. The van der Waals surface area contributed by atoms with Crippen LogP contribution in [-0.4, -0.2) is 37.2 Å². The Morgan fingerprint density at radius 1 is 0.328 bits per heavy atom. The van der Waals surface area contributed by atoms with Crippen LogP contribution in [-0.2, 0) is 28.6 Å². The summed E-state index contributed by atoms with van der Waals surface area (Å²) in [5.41, 5.74) is 0. The number of hydrogen-bond donors (Lipinski definition) is 0. The van der Waals surface area contributed by atoms with E-state index in [1.165, 1.54) is 173 Å². The van der Waals surface area contributed by atoms with Crippen LogP contribution in [0.25, 0.3) is 0 Å². The molecule has 6 nitrogen and oxygen atoms in total. The number of carbonyl (C=O) groups is 3. The molecule has 0 rings (SSSR count).